The second kappa shape index (κ2) is 6.50. The number of esters is 1. The number of ether oxygens (including phenoxy) is 1. The van der Waals surface area contributed by atoms with Gasteiger partial charge in [0.25, 0.3) is 0 Å². The van der Waals surface area contributed by atoms with Gasteiger partial charge in [0.1, 0.15) is 0 Å². The van der Waals surface area contributed by atoms with E-state index < -0.39 is 5.92 Å². The number of dihydropyridines is 1. The van der Waals surface area contributed by atoms with Gasteiger partial charge in [0.15, 0.2) is 5.78 Å². The van der Waals surface area contributed by atoms with Gasteiger partial charge in [0, 0.05) is 41.7 Å². The van der Waals surface area contributed by atoms with Crippen LogP contribution in [0.4, 0.5) is 0 Å². The number of carbonyl (C=O) groups is 2. The fourth-order valence-corrected chi connectivity index (χ4v) is 3.96. The standard InChI is InChI=1S/C19H25N3O3/c1-6-25-19(24)16-10(2)20-13-8-7-9-14(23)17(13)18(16)15-11(3)21-22(5)12(15)4/h18,20H,6-9H2,1-5H3/t18-/m0/s1. The minimum atomic E-state index is -0.406. The Morgan fingerprint density at radius 1 is 1.32 bits per heavy atom. The van der Waals surface area contributed by atoms with Crippen molar-refractivity contribution in [3.05, 3.63) is 39.5 Å². The number of ketones is 1. The summed E-state index contributed by atoms with van der Waals surface area (Å²) in [7, 11) is 1.88. The second-order valence-corrected chi connectivity index (χ2v) is 6.69. The molecule has 2 aliphatic rings. The molecule has 0 radical (unpaired) electrons. The van der Waals surface area contributed by atoms with E-state index in [9.17, 15) is 9.59 Å². The van der Waals surface area contributed by atoms with Crippen LogP contribution >= 0.6 is 0 Å². The third kappa shape index (κ3) is 2.79. The Hall–Kier alpha value is -2.37. The first kappa shape index (κ1) is 17.5. The average Bonchev–Trinajstić information content (AvgIpc) is 2.79. The number of nitrogens with one attached hydrogen (secondary N) is 1. The molecule has 1 atom stereocenters. The van der Waals surface area contributed by atoms with Crippen LogP contribution < -0.4 is 5.32 Å². The van der Waals surface area contributed by atoms with Crippen molar-refractivity contribution in [2.75, 3.05) is 6.61 Å². The van der Waals surface area contributed by atoms with E-state index in [4.69, 9.17) is 4.74 Å². The molecule has 0 fully saturated rings. The van der Waals surface area contributed by atoms with Crippen LogP contribution in [0.1, 0.15) is 56.0 Å². The molecule has 2 heterocycles. The highest BCUT2D eigenvalue weighted by molar-refractivity contribution is 6.03. The maximum absolute atomic E-state index is 12.8. The van der Waals surface area contributed by atoms with E-state index in [2.05, 4.69) is 10.4 Å². The average molecular weight is 343 g/mol. The molecule has 1 aromatic heterocycles. The number of carbonyl (C=O) groups excluding carboxylic acids is 2. The summed E-state index contributed by atoms with van der Waals surface area (Å²) in [5, 5.41) is 7.79. The van der Waals surface area contributed by atoms with E-state index >= 15 is 0 Å². The molecule has 0 spiro atoms. The minimum Gasteiger partial charge on any atom is -0.463 e. The molecule has 0 saturated heterocycles. The molecule has 6 nitrogen and oxygen atoms in total. The van der Waals surface area contributed by atoms with Gasteiger partial charge in [-0.3, -0.25) is 9.48 Å². The fourth-order valence-electron chi connectivity index (χ4n) is 3.96. The van der Waals surface area contributed by atoms with E-state index in [1.807, 2.05) is 27.8 Å². The van der Waals surface area contributed by atoms with Crippen LogP contribution in [0, 0.1) is 13.8 Å². The van der Waals surface area contributed by atoms with Crippen LogP contribution in [0.2, 0.25) is 0 Å². The van der Waals surface area contributed by atoms with E-state index in [1.54, 1.807) is 11.6 Å². The summed E-state index contributed by atoms with van der Waals surface area (Å²) in [4.78, 5) is 25.5. The summed E-state index contributed by atoms with van der Waals surface area (Å²) in [6, 6.07) is 0. The molecule has 0 amide bonds. The molecule has 0 saturated carbocycles. The van der Waals surface area contributed by atoms with Gasteiger partial charge in [-0.15, -0.1) is 0 Å². The Morgan fingerprint density at radius 2 is 2.04 bits per heavy atom. The molecule has 6 heteroatoms. The molecule has 25 heavy (non-hydrogen) atoms. The molecule has 1 aliphatic carbocycles. The van der Waals surface area contributed by atoms with Crippen LogP contribution in [0.5, 0.6) is 0 Å². The Kier molecular flexibility index (Phi) is 4.54. The lowest BCUT2D eigenvalue weighted by Gasteiger charge is -2.34. The van der Waals surface area contributed by atoms with E-state index in [0.717, 1.165) is 41.2 Å². The van der Waals surface area contributed by atoms with Crippen molar-refractivity contribution in [3.8, 4) is 0 Å². The molecule has 1 aromatic rings. The van der Waals surface area contributed by atoms with Crippen LogP contribution in [0.15, 0.2) is 22.5 Å². The molecule has 0 aromatic carbocycles. The zero-order chi connectivity index (χ0) is 18.3. The number of hydrogen-bond donors (Lipinski definition) is 1. The number of rotatable bonds is 3. The summed E-state index contributed by atoms with van der Waals surface area (Å²) in [5.74, 6) is -0.669. The lowest BCUT2D eigenvalue weighted by molar-refractivity contribution is -0.138. The van der Waals surface area contributed by atoms with Crippen LogP contribution in [-0.2, 0) is 21.4 Å². The van der Waals surface area contributed by atoms with E-state index in [0.29, 0.717) is 24.2 Å². The number of hydrogen-bond acceptors (Lipinski definition) is 5. The predicted molar refractivity (Wildman–Crippen MR) is 93.8 cm³/mol. The van der Waals surface area contributed by atoms with Crippen molar-refractivity contribution in [3.63, 3.8) is 0 Å². The van der Waals surface area contributed by atoms with Crippen molar-refractivity contribution in [1.82, 2.24) is 15.1 Å². The highest BCUT2D eigenvalue weighted by atomic mass is 16.5. The van der Waals surface area contributed by atoms with Crippen LogP contribution in [0.25, 0.3) is 0 Å². The number of aryl methyl sites for hydroxylation is 2. The number of Topliss-reactive ketones (excluding diaryl/α,β-unsaturated/α-hetero) is 1. The first-order chi connectivity index (χ1) is 11.9. The molecule has 3 rings (SSSR count). The lowest BCUT2D eigenvalue weighted by atomic mass is 9.74. The van der Waals surface area contributed by atoms with Gasteiger partial charge >= 0.3 is 5.97 Å². The maximum Gasteiger partial charge on any atom is 0.336 e. The number of nitrogens with zero attached hydrogens (tertiary/aromatic N) is 2. The maximum atomic E-state index is 12.8. The molecular formula is C19H25N3O3. The second-order valence-electron chi connectivity index (χ2n) is 6.69. The molecule has 0 bridgehead atoms. The van der Waals surface area contributed by atoms with Gasteiger partial charge in [0.2, 0.25) is 0 Å². The number of aromatic nitrogens is 2. The Morgan fingerprint density at radius 3 is 2.64 bits per heavy atom. The Balaban J connectivity index is 2.24. The molecular weight excluding hydrogens is 318 g/mol. The van der Waals surface area contributed by atoms with Gasteiger partial charge in [-0.1, -0.05) is 0 Å². The van der Waals surface area contributed by atoms with Crippen molar-refractivity contribution >= 4 is 11.8 Å². The van der Waals surface area contributed by atoms with Gasteiger partial charge in [-0.25, -0.2) is 4.79 Å². The summed E-state index contributed by atoms with van der Waals surface area (Å²) >= 11 is 0. The molecule has 1 aliphatic heterocycles. The van der Waals surface area contributed by atoms with Gasteiger partial charge in [0.05, 0.1) is 23.8 Å². The third-order valence-corrected chi connectivity index (χ3v) is 5.12. The normalized spacial score (nSPS) is 20.5. The molecule has 1 N–H and O–H groups in total. The van der Waals surface area contributed by atoms with Crippen molar-refractivity contribution < 1.29 is 14.3 Å². The van der Waals surface area contributed by atoms with Crippen molar-refractivity contribution in [2.24, 2.45) is 7.05 Å². The highest BCUT2D eigenvalue weighted by Crippen LogP contribution is 2.44. The Labute approximate surface area is 147 Å². The van der Waals surface area contributed by atoms with Crippen molar-refractivity contribution in [2.45, 2.75) is 52.9 Å². The largest absolute Gasteiger partial charge is 0.463 e. The summed E-state index contributed by atoms with van der Waals surface area (Å²) in [6.45, 7) is 7.87. The number of allylic oxidation sites excluding steroid dienone is 3. The topological polar surface area (TPSA) is 73.2 Å². The Bertz CT molecular complexity index is 814. The van der Waals surface area contributed by atoms with Gasteiger partial charge < -0.3 is 10.1 Å². The quantitative estimate of drug-likeness (QED) is 0.854. The van der Waals surface area contributed by atoms with E-state index in [1.165, 1.54) is 0 Å². The summed E-state index contributed by atoms with van der Waals surface area (Å²) in [5.41, 5.74) is 5.67. The first-order valence-electron chi connectivity index (χ1n) is 8.78. The highest BCUT2D eigenvalue weighted by Gasteiger charge is 2.41. The smallest absolute Gasteiger partial charge is 0.336 e. The van der Waals surface area contributed by atoms with Gasteiger partial charge in [-0.05, 0) is 40.5 Å². The van der Waals surface area contributed by atoms with Crippen LogP contribution in [0.3, 0.4) is 0 Å². The molecule has 0 unspecified atom stereocenters. The zero-order valence-electron chi connectivity index (χ0n) is 15.5. The zero-order valence-corrected chi connectivity index (χ0v) is 15.5. The van der Waals surface area contributed by atoms with Crippen molar-refractivity contribution in [1.29, 1.82) is 0 Å². The first-order valence-corrected chi connectivity index (χ1v) is 8.78. The SMILES string of the molecule is CCOC(=O)C1=C(C)NC2=C(C(=O)CCC2)[C@H]1c1c(C)nn(C)c1C. The summed E-state index contributed by atoms with van der Waals surface area (Å²) < 4.78 is 7.11. The fraction of sp³-hybridized carbons (Fsp3) is 0.526. The molecule has 134 valence electrons. The van der Waals surface area contributed by atoms with E-state index in [-0.39, 0.29) is 11.8 Å². The summed E-state index contributed by atoms with van der Waals surface area (Å²) in [6.07, 6.45) is 2.18. The van der Waals surface area contributed by atoms with Gasteiger partial charge in [-0.2, -0.15) is 5.10 Å². The third-order valence-electron chi connectivity index (χ3n) is 5.12. The predicted octanol–water partition coefficient (Wildman–Crippen LogP) is 2.57. The monoisotopic (exact) mass is 343 g/mol. The lowest BCUT2D eigenvalue weighted by Crippen LogP contribution is -2.34. The van der Waals surface area contributed by atoms with Crippen LogP contribution in [-0.4, -0.2) is 28.1 Å². The minimum absolute atomic E-state index is 0.107.